The maximum absolute atomic E-state index is 12.8. The molecule has 10 heteroatoms. The van der Waals surface area contributed by atoms with Crippen molar-refractivity contribution < 1.29 is 31.5 Å². The summed E-state index contributed by atoms with van der Waals surface area (Å²) < 4.78 is 64.3. The van der Waals surface area contributed by atoms with Crippen LogP contribution in [0, 0.1) is 17.2 Å². The van der Waals surface area contributed by atoms with Gasteiger partial charge in [0.05, 0.1) is 28.0 Å². The Labute approximate surface area is 136 Å². The van der Waals surface area contributed by atoms with Gasteiger partial charge in [-0.25, -0.2) is 8.42 Å². The van der Waals surface area contributed by atoms with Gasteiger partial charge in [-0.05, 0) is 31.0 Å². The van der Waals surface area contributed by atoms with E-state index in [2.05, 4.69) is 0 Å². The first-order valence-corrected chi connectivity index (χ1v) is 8.35. The maximum Gasteiger partial charge on any atom is 0.417 e. The molecule has 0 bridgehead atoms. The van der Waals surface area contributed by atoms with Gasteiger partial charge in [-0.15, -0.1) is 0 Å². The highest BCUT2D eigenvalue weighted by atomic mass is 32.2. The molecule has 1 heterocycles. The summed E-state index contributed by atoms with van der Waals surface area (Å²) in [5.41, 5.74) is -2.01. The monoisotopic (exact) mass is 362 g/mol. The summed E-state index contributed by atoms with van der Waals surface area (Å²) in [6.45, 7) is -0.171. The second-order valence-corrected chi connectivity index (χ2v) is 7.30. The number of carboxylic acid groups (broad SMARTS) is 1. The van der Waals surface area contributed by atoms with Crippen molar-refractivity contribution in [1.82, 2.24) is 4.31 Å². The third-order valence-electron chi connectivity index (χ3n) is 3.79. The van der Waals surface area contributed by atoms with Crippen molar-refractivity contribution in [3.63, 3.8) is 0 Å². The van der Waals surface area contributed by atoms with Crippen LogP contribution in [0.25, 0.3) is 0 Å². The number of benzene rings is 1. The van der Waals surface area contributed by atoms with E-state index in [0.717, 1.165) is 10.4 Å². The topological polar surface area (TPSA) is 98.5 Å². The van der Waals surface area contributed by atoms with E-state index in [-0.39, 0.29) is 13.1 Å². The Morgan fingerprint density at radius 1 is 1.38 bits per heavy atom. The van der Waals surface area contributed by atoms with Gasteiger partial charge in [-0.1, -0.05) is 0 Å². The van der Waals surface area contributed by atoms with Gasteiger partial charge < -0.3 is 5.11 Å². The Balaban J connectivity index is 2.40. The molecule has 1 unspecified atom stereocenters. The highest BCUT2D eigenvalue weighted by molar-refractivity contribution is 7.89. The number of piperidine rings is 1. The van der Waals surface area contributed by atoms with Gasteiger partial charge in [0, 0.05) is 13.1 Å². The summed E-state index contributed by atoms with van der Waals surface area (Å²) in [4.78, 5) is 10.6. The predicted molar refractivity (Wildman–Crippen MR) is 75.3 cm³/mol. The minimum absolute atomic E-state index is 0.0784. The van der Waals surface area contributed by atoms with Crippen LogP contribution >= 0.6 is 0 Å². The molecule has 130 valence electrons. The highest BCUT2D eigenvalue weighted by Crippen LogP contribution is 2.33. The van der Waals surface area contributed by atoms with E-state index in [1.165, 1.54) is 6.07 Å². The van der Waals surface area contributed by atoms with E-state index in [0.29, 0.717) is 25.0 Å². The van der Waals surface area contributed by atoms with Gasteiger partial charge in [-0.2, -0.15) is 22.7 Å². The van der Waals surface area contributed by atoms with Crippen molar-refractivity contribution in [1.29, 1.82) is 5.26 Å². The fourth-order valence-corrected chi connectivity index (χ4v) is 4.09. The average Bonchev–Trinajstić information content (AvgIpc) is 2.53. The molecule has 0 amide bonds. The Kier molecular flexibility index (Phi) is 4.87. The number of carbonyl (C=O) groups is 1. The summed E-state index contributed by atoms with van der Waals surface area (Å²) >= 11 is 0. The zero-order chi connectivity index (χ0) is 18.1. The maximum atomic E-state index is 12.8. The first-order chi connectivity index (χ1) is 11.1. The molecule has 2 rings (SSSR count). The number of nitriles is 1. The number of rotatable bonds is 3. The van der Waals surface area contributed by atoms with Gasteiger partial charge in [0.2, 0.25) is 10.0 Å². The standard InChI is InChI=1S/C14H13F3N2O4S/c15-14(16,17)12-4-3-11(6-10(12)7-18)24(22,23)19-5-1-2-9(8-19)13(20)21/h3-4,6,9H,1-2,5,8H2,(H,20,21). The molecule has 6 nitrogen and oxygen atoms in total. The van der Waals surface area contributed by atoms with E-state index < -0.39 is 44.1 Å². The number of hydrogen-bond donors (Lipinski definition) is 1. The molecule has 1 aromatic carbocycles. The zero-order valence-corrected chi connectivity index (χ0v) is 13.1. The van der Waals surface area contributed by atoms with Crippen molar-refractivity contribution >= 4 is 16.0 Å². The fourth-order valence-electron chi connectivity index (χ4n) is 2.53. The van der Waals surface area contributed by atoms with Crippen LogP contribution in [0.3, 0.4) is 0 Å². The van der Waals surface area contributed by atoms with Gasteiger partial charge in [0.25, 0.3) is 0 Å². The van der Waals surface area contributed by atoms with Crippen LogP contribution in [0.1, 0.15) is 24.0 Å². The quantitative estimate of drug-likeness (QED) is 0.887. The van der Waals surface area contributed by atoms with Crippen LogP contribution in [-0.2, 0) is 21.0 Å². The normalized spacial score (nSPS) is 19.7. The van der Waals surface area contributed by atoms with E-state index in [1.54, 1.807) is 0 Å². The molecule has 1 atom stereocenters. The molecule has 0 saturated carbocycles. The van der Waals surface area contributed by atoms with Crippen molar-refractivity contribution in [2.24, 2.45) is 5.92 Å². The average molecular weight is 362 g/mol. The largest absolute Gasteiger partial charge is 0.481 e. The summed E-state index contributed by atoms with van der Waals surface area (Å²) in [7, 11) is -4.17. The first-order valence-electron chi connectivity index (χ1n) is 6.91. The van der Waals surface area contributed by atoms with E-state index in [9.17, 15) is 26.4 Å². The van der Waals surface area contributed by atoms with Gasteiger partial charge in [0.15, 0.2) is 0 Å². The molecule has 1 aromatic rings. The van der Waals surface area contributed by atoms with Crippen molar-refractivity contribution in [3.8, 4) is 6.07 Å². The van der Waals surface area contributed by atoms with E-state index in [1.807, 2.05) is 0 Å². The third-order valence-corrected chi connectivity index (χ3v) is 5.65. The predicted octanol–water partition coefficient (Wildman–Crippen LogP) is 2.06. The lowest BCUT2D eigenvalue weighted by Gasteiger charge is -2.29. The number of sulfonamides is 1. The second kappa shape index (κ2) is 6.41. The van der Waals surface area contributed by atoms with Crippen LogP contribution in [-0.4, -0.2) is 36.9 Å². The molecule has 0 aromatic heterocycles. The number of alkyl halides is 3. The number of halogens is 3. The summed E-state index contributed by atoms with van der Waals surface area (Å²) in [5, 5.41) is 17.9. The molecule has 1 fully saturated rings. The molecular formula is C14H13F3N2O4S. The molecule has 24 heavy (non-hydrogen) atoms. The molecule has 0 aliphatic carbocycles. The van der Waals surface area contributed by atoms with Crippen molar-refractivity contribution in [2.75, 3.05) is 13.1 Å². The molecule has 0 radical (unpaired) electrons. The van der Waals surface area contributed by atoms with E-state index in [4.69, 9.17) is 10.4 Å². The third kappa shape index (κ3) is 3.52. The Morgan fingerprint density at radius 2 is 2.04 bits per heavy atom. The van der Waals surface area contributed by atoms with Crippen molar-refractivity contribution in [2.45, 2.75) is 23.9 Å². The zero-order valence-electron chi connectivity index (χ0n) is 12.2. The highest BCUT2D eigenvalue weighted by Gasteiger charge is 2.36. The van der Waals surface area contributed by atoms with Gasteiger partial charge >= 0.3 is 12.1 Å². The number of aliphatic carboxylic acids is 1. The minimum Gasteiger partial charge on any atom is -0.481 e. The lowest BCUT2D eigenvalue weighted by atomic mass is 10.0. The van der Waals surface area contributed by atoms with Crippen LogP contribution in [0.2, 0.25) is 0 Å². The Morgan fingerprint density at radius 3 is 2.58 bits per heavy atom. The van der Waals surface area contributed by atoms with Crippen LogP contribution in [0.15, 0.2) is 23.1 Å². The second-order valence-electron chi connectivity index (χ2n) is 5.36. The number of nitrogens with zero attached hydrogens (tertiary/aromatic N) is 2. The first kappa shape index (κ1) is 18.2. The summed E-state index contributed by atoms with van der Waals surface area (Å²) in [5.74, 6) is -1.99. The lowest BCUT2D eigenvalue weighted by Crippen LogP contribution is -2.42. The van der Waals surface area contributed by atoms with Crippen LogP contribution < -0.4 is 0 Å². The fraction of sp³-hybridized carbons (Fsp3) is 0.429. The van der Waals surface area contributed by atoms with Crippen LogP contribution in [0.4, 0.5) is 13.2 Å². The molecule has 1 aliphatic heterocycles. The molecule has 1 aliphatic rings. The molecular weight excluding hydrogens is 349 g/mol. The SMILES string of the molecule is N#Cc1cc(S(=O)(=O)N2CCCC(C(=O)O)C2)ccc1C(F)(F)F. The Bertz CT molecular complexity index is 799. The molecule has 0 spiro atoms. The van der Waals surface area contributed by atoms with E-state index >= 15 is 0 Å². The number of carboxylic acids is 1. The minimum atomic E-state index is -4.77. The van der Waals surface area contributed by atoms with Gasteiger partial charge in [0.1, 0.15) is 0 Å². The van der Waals surface area contributed by atoms with Crippen LogP contribution in [0.5, 0.6) is 0 Å². The van der Waals surface area contributed by atoms with Gasteiger partial charge in [-0.3, -0.25) is 4.79 Å². The number of hydrogen-bond acceptors (Lipinski definition) is 4. The molecule has 1 saturated heterocycles. The smallest absolute Gasteiger partial charge is 0.417 e. The van der Waals surface area contributed by atoms with Crippen molar-refractivity contribution in [3.05, 3.63) is 29.3 Å². The summed E-state index contributed by atoms with van der Waals surface area (Å²) in [6.07, 6.45) is -4.10. The molecule has 1 N–H and O–H groups in total. The lowest BCUT2D eigenvalue weighted by molar-refractivity contribution is -0.143. The Hall–Kier alpha value is -2.12. The summed E-state index contributed by atoms with van der Waals surface area (Å²) in [6, 6.07) is 3.34.